The topological polar surface area (TPSA) is 80.3 Å². The summed E-state index contributed by atoms with van der Waals surface area (Å²) in [7, 11) is -1.83. The van der Waals surface area contributed by atoms with Crippen LogP contribution < -0.4 is 10.0 Å². The number of methoxy groups -OCH3 is 1. The number of thiophene rings is 1. The van der Waals surface area contributed by atoms with Gasteiger partial charge in [-0.05, 0) is 19.1 Å². The van der Waals surface area contributed by atoms with E-state index in [0.717, 1.165) is 15.6 Å². The van der Waals surface area contributed by atoms with Crippen LogP contribution in [0.5, 0.6) is 0 Å². The normalized spacial score (nSPS) is 11.9. The summed E-state index contributed by atoms with van der Waals surface area (Å²) in [4.78, 5) is 5.24. The average molecular weight is 362 g/mol. The number of rotatable bonds is 9. The molecule has 2 aromatic rings. The van der Waals surface area contributed by atoms with Crippen LogP contribution in [0.25, 0.3) is 10.6 Å². The highest BCUT2D eigenvalue weighted by Crippen LogP contribution is 2.31. The van der Waals surface area contributed by atoms with Gasteiger partial charge in [0.25, 0.3) is 0 Å². The fourth-order valence-electron chi connectivity index (χ4n) is 1.72. The van der Waals surface area contributed by atoms with E-state index < -0.39 is 10.0 Å². The second kappa shape index (κ2) is 8.14. The maximum Gasteiger partial charge on any atom is 0.250 e. The van der Waals surface area contributed by atoms with Crippen molar-refractivity contribution in [3.05, 3.63) is 22.5 Å². The minimum Gasteiger partial charge on any atom is -0.383 e. The van der Waals surface area contributed by atoms with Gasteiger partial charge in [-0.1, -0.05) is 0 Å². The maximum absolute atomic E-state index is 12.2. The molecule has 9 heteroatoms. The molecular weight excluding hydrogens is 342 g/mol. The molecule has 0 unspecified atom stereocenters. The second-order valence-corrected chi connectivity index (χ2v) is 8.65. The fourth-order valence-corrected chi connectivity index (χ4v) is 4.75. The maximum atomic E-state index is 12.2. The van der Waals surface area contributed by atoms with Gasteiger partial charge in [-0.3, -0.25) is 0 Å². The highest BCUT2D eigenvalue weighted by atomic mass is 32.2. The van der Waals surface area contributed by atoms with E-state index >= 15 is 0 Å². The summed E-state index contributed by atoms with van der Waals surface area (Å²) < 4.78 is 32.2. The summed E-state index contributed by atoms with van der Waals surface area (Å²) in [5.74, 6) is 0. The molecule has 0 aliphatic heterocycles. The standard InChI is InChI=1S/C13H19N3O3S3/c1-10-16-11(9-20-10)12-3-4-13(21-12)22(17,18)15-6-5-14-7-8-19-2/h3-4,9,14-15H,5-8H2,1-2H3. The molecule has 6 nitrogen and oxygen atoms in total. The summed E-state index contributed by atoms with van der Waals surface area (Å²) >= 11 is 2.78. The van der Waals surface area contributed by atoms with Gasteiger partial charge in [-0.25, -0.2) is 18.1 Å². The molecule has 2 rings (SSSR count). The molecule has 122 valence electrons. The molecule has 2 aromatic heterocycles. The molecule has 0 aliphatic rings. The average Bonchev–Trinajstić information content (AvgIpc) is 3.11. The number of nitrogens with one attached hydrogen (secondary N) is 2. The molecule has 0 spiro atoms. The van der Waals surface area contributed by atoms with Crippen LogP contribution in [-0.4, -0.2) is 46.8 Å². The van der Waals surface area contributed by atoms with Gasteiger partial charge in [0.15, 0.2) is 0 Å². The zero-order valence-electron chi connectivity index (χ0n) is 12.5. The van der Waals surface area contributed by atoms with Crippen LogP contribution in [0.4, 0.5) is 0 Å². The Kier molecular flexibility index (Phi) is 6.48. The van der Waals surface area contributed by atoms with Crippen molar-refractivity contribution in [2.45, 2.75) is 11.1 Å². The molecule has 0 saturated heterocycles. The molecule has 0 saturated carbocycles. The van der Waals surface area contributed by atoms with Crippen LogP contribution in [0.2, 0.25) is 0 Å². The number of sulfonamides is 1. The minimum absolute atomic E-state index is 0.310. The lowest BCUT2D eigenvalue weighted by Crippen LogP contribution is -2.32. The number of aromatic nitrogens is 1. The number of nitrogens with zero attached hydrogens (tertiary/aromatic N) is 1. The van der Waals surface area contributed by atoms with E-state index in [-0.39, 0.29) is 0 Å². The third-order valence-corrected chi connectivity index (χ3v) is 6.63. The molecule has 2 N–H and O–H groups in total. The van der Waals surface area contributed by atoms with Gasteiger partial charge in [0.2, 0.25) is 10.0 Å². The van der Waals surface area contributed by atoms with E-state index in [1.165, 1.54) is 11.3 Å². The predicted molar refractivity (Wildman–Crippen MR) is 90.1 cm³/mol. The molecule has 2 heterocycles. The minimum atomic E-state index is -3.46. The lowest BCUT2D eigenvalue weighted by atomic mass is 10.4. The van der Waals surface area contributed by atoms with Gasteiger partial charge in [0, 0.05) is 32.1 Å². The first kappa shape index (κ1) is 17.5. The van der Waals surface area contributed by atoms with Gasteiger partial charge in [0.1, 0.15) is 4.21 Å². The molecule has 0 aromatic carbocycles. The van der Waals surface area contributed by atoms with E-state index in [9.17, 15) is 8.42 Å². The first-order valence-electron chi connectivity index (χ1n) is 6.74. The molecule has 0 aliphatic carbocycles. The third-order valence-electron chi connectivity index (χ3n) is 2.79. The summed E-state index contributed by atoms with van der Waals surface area (Å²) in [6.07, 6.45) is 0. The zero-order valence-corrected chi connectivity index (χ0v) is 14.9. The van der Waals surface area contributed by atoms with Crippen molar-refractivity contribution in [1.82, 2.24) is 15.0 Å². The Morgan fingerprint density at radius 3 is 2.77 bits per heavy atom. The Morgan fingerprint density at radius 2 is 2.09 bits per heavy atom. The quantitative estimate of drug-likeness (QED) is 0.665. The van der Waals surface area contributed by atoms with Crippen molar-refractivity contribution >= 4 is 32.7 Å². The number of aryl methyl sites for hydroxylation is 1. The lowest BCUT2D eigenvalue weighted by molar-refractivity contribution is 0.199. The Morgan fingerprint density at radius 1 is 1.27 bits per heavy atom. The SMILES string of the molecule is COCCNCCNS(=O)(=O)c1ccc(-c2csc(C)n2)s1. The van der Waals surface area contributed by atoms with Crippen LogP contribution in [0.15, 0.2) is 21.7 Å². The van der Waals surface area contributed by atoms with Gasteiger partial charge in [-0.2, -0.15) is 0 Å². The van der Waals surface area contributed by atoms with E-state index in [1.807, 2.05) is 12.3 Å². The van der Waals surface area contributed by atoms with E-state index in [2.05, 4.69) is 15.0 Å². The van der Waals surface area contributed by atoms with Crippen LogP contribution in [0.3, 0.4) is 0 Å². The van der Waals surface area contributed by atoms with Crippen molar-refractivity contribution in [2.75, 3.05) is 33.4 Å². The number of hydrogen-bond donors (Lipinski definition) is 2. The molecule has 0 bridgehead atoms. The van der Waals surface area contributed by atoms with Gasteiger partial charge < -0.3 is 10.1 Å². The second-order valence-electron chi connectivity index (χ2n) is 4.51. The van der Waals surface area contributed by atoms with Crippen LogP contribution in [0.1, 0.15) is 5.01 Å². The molecule has 0 radical (unpaired) electrons. The highest BCUT2D eigenvalue weighted by molar-refractivity contribution is 7.91. The molecular formula is C13H19N3O3S3. The molecule has 0 fully saturated rings. The van der Waals surface area contributed by atoms with Crippen LogP contribution in [0, 0.1) is 6.92 Å². The summed E-state index contributed by atoms with van der Waals surface area (Å²) in [5.41, 5.74) is 0.829. The Balaban J connectivity index is 1.91. The van der Waals surface area contributed by atoms with Crippen molar-refractivity contribution in [3.8, 4) is 10.6 Å². The fraction of sp³-hybridized carbons (Fsp3) is 0.462. The largest absolute Gasteiger partial charge is 0.383 e. The predicted octanol–water partition coefficient (Wildman–Crippen LogP) is 1.69. The van der Waals surface area contributed by atoms with Gasteiger partial charge >= 0.3 is 0 Å². The van der Waals surface area contributed by atoms with Crippen molar-refractivity contribution < 1.29 is 13.2 Å². The molecule has 22 heavy (non-hydrogen) atoms. The monoisotopic (exact) mass is 361 g/mol. The number of ether oxygens (including phenoxy) is 1. The van der Waals surface area contributed by atoms with Gasteiger partial charge in [-0.15, -0.1) is 22.7 Å². The summed E-state index contributed by atoms with van der Waals surface area (Å²) in [5, 5.41) is 5.99. The van der Waals surface area contributed by atoms with Crippen LogP contribution >= 0.6 is 22.7 Å². The van der Waals surface area contributed by atoms with Crippen molar-refractivity contribution in [2.24, 2.45) is 0 Å². The zero-order chi connectivity index (χ0) is 16.0. The van der Waals surface area contributed by atoms with E-state index in [1.54, 1.807) is 30.6 Å². The number of thiazole rings is 1. The van der Waals surface area contributed by atoms with Crippen LogP contribution in [-0.2, 0) is 14.8 Å². The third kappa shape index (κ3) is 4.83. The lowest BCUT2D eigenvalue weighted by Gasteiger charge is -2.06. The molecule has 0 atom stereocenters. The highest BCUT2D eigenvalue weighted by Gasteiger charge is 2.17. The Labute approximate surface area is 138 Å². The van der Waals surface area contributed by atoms with E-state index in [0.29, 0.717) is 30.5 Å². The summed E-state index contributed by atoms with van der Waals surface area (Å²) in [6, 6.07) is 3.42. The first-order chi connectivity index (χ1) is 10.5. The Hall–Kier alpha value is -0.840. The smallest absolute Gasteiger partial charge is 0.250 e. The Bertz CT molecular complexity index is 694. The number of hydrogen-bond acceptors (Lipinski definition) is 7. The van der Waals surface area contributed by atoms with Crippen molar-refractivity contribution in [1.29, 1.82) is 0 Å². The van der Waals surface area contributed by atoms with Gasteiger partial charge in [0.05, 0.1) is 22.2 Å². The molecule has 0 amide bonds. The van der Waals surface area contributed by atoms with E-state index in [4.69, 9.17) is 4.74 Å². The summed E-state index contributed by atoms with van der Waals surface area (Å²) in [6.45, 7) is 4.14. The van der Waals surface area contributed by atoms with Crippen molar-refractivity contribution in [3.63, 3.8) is 0 Å². The first-order valence-corrected chi connectivity index (χ1v) is 9.92.